The monoisotopic (exact) mass is 392 g/mol. The first-order valence-corrected chi connectivity index (χ1v) is 12.1. The molecule has 0 N–H and O–H groups in total. The maximum atomic E-state index is 2.46. The fourth-order valence-corrected chi connectivity index (χ4v) is 4.85. The molecule has 1 fully saturated rings. The van der Waals surface area contributed by atoms with Gasteiger partial charge in [0.25, 0.3) is 0 Å². The Morgan fingerprint density at radius 3 is 1.66 bits per heavy atom. The number of hydrogen-bond acceptors (Lipinski definition) is 0. The highest BCUT2D eigenvalue weighted by Crippen LogP contribution is 2.38. The van der Waals surface area contributed by atoms with E-state index < -0.39 is 0 Å². The zero-order valence-corrected chi connectivity index (χ0v) is 20.0. The minimum Gasteiger partial charge on any atom is -0.0813 e. The van der Waals surface area contributed by atoms with Gasteiger partial charge in [-0.15, -0.1) is 0 Å². The summed E-state index contributed by atoms with van der Waals surface area (Å²) < 4.78 is 0. The highest BCUT2D eigenvalue weighted by atomic mass is 14.3. The topological polar surface area (TPSA) is 0 Å². The van der Waals surface area contributed by atoms with Gasteiger partial charge in [-0.2, -0.15) is 0 Å². The summed E-state index contributed by atoms with van der Waals surface area (Å²) in [6.45, 7) is 15.6. The van der Waals surface area contributed by atoms with Crippen molar-refractivity contribution < 1.29 is 0 Å². The van der Waals surface area contributed by atoms with Crippen molar-refractivity contribution in [3.63, 3.8) is 0 Å². The van der Waals surface area contributed by atoms with E-state index in [1.807, 2.05) is 13.8 Å². The molecule has 1 aromatic rings. The zero-order chi connectivity index (χ0) is 21.4. The van der Waals surface area contributed by atoms with Gasteiger partial charge in [0.2, 0.25) is 0 Å². The second-order valence-corrected chi connectivity index (χ2v) is 9.34. The third-order valence-corrected chi connectivity index (χ3v) is 6.62. The standard InChI is InChI=1S/C15H22.C12H16.C2H6/c1-11-4-5-12(2)9-15-10-13(3)6-7-14(15)8-11;1-9-7-8-10(2)12-6-4-3-5-11(9)12;1-2/h4-5,8-9,11-13H,6-7,10H2,1-3H3;3-6,9-10H,7-8H2,1-2H3;1-2H3/b5-4-,14-8-,15-9-;;. The van der Waals surface area contributed by atoms with Crippen molar-refractivity contribution in [3.05, 3.63) is 70.8 Å². The van der Waals surface area contributed by atoms with Gasteiger partial charge in [0.15, 0.2) is 0 Å². The van der Waals surface area contributed by atoms with Gasteiger partial charge in [-0.1, -0.05) is 97.0 Å². The molecule has 0 bridgehead atoms. The van der Waals surface area contributed by atoms with Crippen LogP contribution >= 0.6 is 0 Å². The molecule has 3 aliphatic carbocycles. The van der Waals surface area contributed by atoms with Crippen LogP contribution in [0.1, 0.15) is 104 Å². The summed E-state index contributed by atoms with van der Waals surface area (Å²) in [6.07, 6.45) is 16.3. The molecule has 29 heavy (non-hydrogen) atoms. The maximum Gasteiger partial charge on any atom is -0.00758 e. The Bertz CT molecular complexity index is 688. The highest BCUT2D eigenvalue weighted by molar-refractivity contribution is 5.37. The van der Waals surface area contributed by atoms with Crippen molar-refractivity contribution in [2.45, 2.75) is 92.4 Å². The first-order chi connectivity index (χ1) is 13.9. The van der Waals surface area contributed by atoms with E-state index in [9.17, 15) is 0 Å². The Labute approximate surface area is 181 Å². The predicted molar refractivity (Wildman–Crippen MR) is 131 cm³/mol. The maximum absolute atomic E-state index is 2.46. The third-order valence-electron chi connectivity index (χ3n) is 6.62. The molecule has 5 unspecified atom stereocenters. The summed E-state index contributed by atoms with van der Waals surface area (Å²) in [6, 6.07) is 8.89. The molecule has 0 heterocycles. The fraction of sp³-hybridized carbons (Fsp3) is 0.586. The fourth-order valence-electron chi connectivity index (χ4n) is 4.85. The average Bonchev–Trinajstić information content (AvgIpc) is 2.72. The van der Waals surface area contributed by atoms with Crippen LogP contribution in [0.4, 0.5) is 0 Å². The normalized spacial score (nSPS) is 35.2. The molecule has 0 aromatic heterocycles. The van der Waals surface area contributed by atoms with E-state index in [0.717, 1.165) is 17.8 Å². The SMILES string of the molecule is CC.CC1/C=C\C(C)/C=C2/CC(C)CC/C2=C/1.CC1CCC(C)c2ccccc21. The van der Waals surface area contributed by atoms with Crippen LogP contribution in [0.2, 0.25) is 0 Å². The van der Waals surface area contributed by atoms with Crippen LogP contribution in [0, 0.1) is 17.8 Å². The number of allylic oxidation sites excluding steroid dienone is 6. The third kappa shape index (κ3) is 6.73. The predicted octanol–water partition coefficient (Wildman–Crippen LogP) is 9.21. The molecule has 160 valence electrons. The lowest BCUT2D eigenvalue weighted by Gasteiger charge is -2.27. The van der Waals surface area contributed by atoms with Crippen LogP contribution in [-0.2, 0) is 0 Å². The van der Waals surface area contributed by atoms with Gasteiger partial charge >= 0.3 is 0 Å². The quantitative estimate of drug-likeness (QED) is 0.386. The summed E-state index contributed by atoms with van der Waals surface area (Å²) in [7, 11) is 0. The summed E-state index contributed by atoms with van der Waals surface area (Å²) in [5, 5.41) is 0. The lowest BCUT2D eigenvalue weighted by Crippen LogP contribution is -2.10. The molecule has 0 aliphatic heterocycles. The lowest BCUT2D eigenvalue weighted by molar-refractivity contribution is 0.493. The van der Waals surface area contributed by atoms with E-state index in [0.29, 0.717) is 11.8 Å². The van der Waals surface area contributed by atoms with Crippen molar-refractivity contribution >= 4 is 0 Å². The molecule has 0 saturated heterocycles. The molecule has 3 aliphatic rings. The molecule has 0 radical (unpaired) electrons. The van der Waals surface area contributed by atoms with Crippen molar-refractivity contribution in [2.75, 3.05) is 0 Å². The summed E-state index contributed by atoms with van der Waals surface area (Å²) in [5.41, 5.74) is 6.40. The molecule has 0 heteroatoms. The molecule has 1 saturated carbocycles. The minimum atomic E-state index is 0.608. The van der Waals surface area contributed by atoms with Crippen LogP contribution in [-0.4, -0.2) is 0 Å². The average molecular weight is 393 g/mol. The number of rotatable bonds is 0. The van der Waals surface area contributed by atoms with Gasteiger partial charge in [-0.05, 0) is 84.0 Å². The molecule has 1 aromatic carbocycles. The number of fused-ring (bicyclic) bond motifs is 2. The Morgan fingerprint density at radius 1 is 0.655 bits per heavy atom. The number of benzene rings is 1. The Hall–Kier alpha value is -1.56. The summed E-state index contributed by atoms with van der Waals surface area (Å²) in [4.78, 5) is 0. The summed E-state index contributed by atoms with van der Waals surface area (Å²) in [5.74, 6) is 3.64. The van der Waals surface area contributed by atoms with E-state index in [1.54, 1.807) is 22.3 Å². The molecule has 0 amide bonds. The van der Waals surface area contributed by atoms with Gasteiger partial charge in [-0.25, -0.2) is 0 Å². The Morgan fingerprint density at radius 2 is 1.14 bits per heavy atom. The second kappa shape index (κ2) is 11.6. The van der Waals surface area contributed by atoms with E-state index in [2.05, 4.69) is 83.2 Å². The van der Waals surface area contributed by atoms with Gasteiger partial charge in [0.1, 0.15) is 0 Å². The van der Waals surface area contributed by atoms with Crippen molar-refractivity contribution in [1.29, 1.82) is 0 Å². The van der Waals surface area contributed by atoms with E-state index in [4.69, 9.17) is 0 Å². The van der Waals surface area contributed by atoms with Crippen molar-refractivity contribution in [2.24, 2.45) is 17.8 Å². The smallest absolute Gasteiger partial charge is 0.00758 e. The van der Waals surface area contributed by atoms with E-state index in [1.165, 1.54) is 32.1 Å². The van der Waals surface area contributed by atoms with Crippen LogP contribution in [0.15, 0.2) is 59.7 Å². The second-order valence-electron chi connectivity index (χ2n) is 9.34. The van der Waals surface area contributed by atoms with E-state index >= 15 is 0 Å². The molecule has 4 rings (SSSR count). The number of hydrogen-bond donors (Lipinski definition) is 0. The molecule has 0 spiro atoms. The highest BCUT2D eigenvalue weighted by Gasteiger charge is 2.20. The zero-order valence-electron chi connectivity index (χ0n) is 20.0. The lowest BCUT2D eigenvalue weighted by atomic mass is 9.78. The van der Waals surface area contributed by atoms with Crippen molar-refractivity contribution in [1.82, 2.24) is 0 Å². The van der Waals surface area contributed by atoms with E-state index in [-0.39, 0.29) is 0 Å². The Balaban J connectivity index is 0.000000194. The molecular formula is C29H44. The van der Waals surface area contributed by atoms with Crippen LogP contribution in [0.25, 0.3) is 0 Å². The summed E-state index contributed by atoms with van der Waals surface area (Å²) >= 11 is 0. The van der Waals surface area contributed by atoms with Gasteiger partial charge in [0.05, 0.1) is 0 Å². The van der Waals surface area contributed by atoms with Gasteiger partial charge in [-0.3, -0.25) is 0 Å². The van der Waals surface area contributed by atoms with Gasteiger partial charge < -0.3 is 0 Å². The van der Waals surface area contributed by atoms with Crippen LogP contribution in [0.5, 0.6) is 0 Å². The minimum absolute atomic E-state index is 0.608. The largest absolute Gasteiger partial charge is 0.0813 e. The molecular weight excluding hydrogens is 348 g/mol. The molecule has 5 atom stereocenters. The first kappa shape index (κ1) is 23.7. The van der Waals surface area contributed by atoms with Crippen LogP contribution in [0.3, 0.4) is 0 Å². The van der Waals surface area contributed by atoms with Crippen molar-refractivity contribution in [3.8, 4) is 0 Å². The van der Waals surface area contributed by atoms with Gasteiger partial charge in [0, 0.05) is 0 Å². The molecule has 0 nitrogen and oxygen atoms in total. The first-order valence-electron chi connectivity index (χ1n) is 12.1. The van der Waals surface area contributed by atoms with Crippen LogP contribution < -0.4 is 0 Å². The Kier molecular flexibility index (Phi) is 9.47.